The molecular formula is C19H21BrN2O2S. The zero-order valence-electron chi connectivity index (χ0n) is 14.4. The summed E-state index contributed by atoms with van der Waals surface area (Å²) in [6.07, 6.45) is 0. The lowest BCUT2D eigenvalue weighted by Crippen LogP contribution is -2.37. The Morgan fingerprint density at radius 3 is 2.36 bits per heavy atom. The molecule has 0 heterocycles. The topological polar surface area (TPSA) is 58.2 Å². The van der Waals surface area contributed by atoms with E-state index in [-0.39, 0.29) is 23.6 Å². The molecule has 132 valence electrons. The number of carbonyl (C=O) groups is 2. The van der Waals surface area contributed by atoms with Gasteiger partial charge in [0, 0.05) is 15.1 Å². The number of nitrogens with one attached hydrogen (secondary N) is 2. The van der Waals surface area contributed by atoms with E-state index in [0.717, 1.165) is 26.2 Å². The van der Waals surface area contributed by atoms with Gasteiger partial charge < -0.3 is 10.6 Å². The molecule has 2 rings (SSSR count). The number of carbonyl (C=O) groups excluding carboxylic acids is 2. The quantitative estimate of drug-likeness (QED) is 0.684. The van der Waals surface area contributed by atoms with E-state index in [1.165, 1.54) is 11.8 Å². The van der Waals surface area contributed by atoms with E-state index >= 15 is 0 Å². The van der Waals surface area contributed by atoms with Crippen LogP contribution in [-0.2, 0) is 9.59 Å². The highest BCUT2D eigenvalue weighted by Gasteiger charge is 2.16. The van der Waals surface area contributed by atoms with Crippen LogP contribution in [0.4, 0.5) is 5.69 Å². The first-order chi connectivity index (χ1) is 11.9. The molecule has 2 aromatic carbocycles. The van der Waals surface area contributed by atoms with Crippen molar-refractivity contribution in [1.82, 2.24) is 5.32 Å². The summed E-state index contributed by atoms with van der Waals surface area (Å²) < 4.78 is 0.951. The summed E-state index contributed by atoms with van der Waals surface area (Å²) in [5, 5.41) is 5.26. The van der Waals surface area contributed by atoms with Crippen LogP contribution >= 0.6 is 27.7 Å². The molecule has 0 radical (unpaired) electrons. The molecule has 0 bridgehead atoms. The van der Waals surface area contributed by atoms with Gasteiger partial charge in [0.2, 0.25) is 11.8 Å². The predicted molar refractivity (Wildman–Crippen MR) is 107 cm³/mol. The molecule has 0 aromatic heterocycles. The van der Waals surface area contributed by atoms with Crippen LogP contribution in [0.25, 0.3) is 0 Å². The van der Waals surface area contributed by atoms with Crippen LogP contribution in [0, 0.1) is 13.8 Å². The van der Waals surface area contributed by atoms with Crippen molar-refractivity contribution < 1.29 is 9.59 Å². The number of thioether (sulfide) groups is 1. The van der Waals surface area contributed by atoms with Crippen molar-refractivity contribution in [3.8, 4) is 0 Å². The molecule has 0 saturated carbocycles. The Kier molecular flexibility index (Phi) is 7.08. The molecular weight excluding hydrogens is 400 g/mol. The second kappa shape index (κ2) is 9.06. The Balaban J connectivity index is 1.87. The molecule has 2 amide bonds. The first kappa shape index (κ1) is 19.5. The maximum Gasteiger partial charge on any atom is 0.243 e. The standard InChI is InChI=1S/C19H21BrN2O2S/c1-12-7-6-8-13(2)18(12)22-17(23)11-21-19(24)14(3)25-16-10-5-4-9-15(16)20/h4-10,14H,11H2,1-3H3,(H,21,24)(H,22,23). The fraction of sp³-hybridized carbons (Fsp3) is 0.263. The molecule has 0 fully saturated rings. The van der Waals surface area contributed by atoms with Crippen LogP contribution < -0.4 is 10.6 Å². The molecule has 1 unspecified atom stereocenters. The van der Waals surface area contributed by atoms with Crippen LogP contribution in [0.2, 0.25) is 0 Å². The van der Waals surface area contributed by atoms with Gasteiger partial charge in [-0.3, -0.25) is 9.59 Å². The highest BCUT2D eigenvalue weighted by Crippen LogP contribution is 2.30. The number of hydrogen-bond acceptors (Lipinski definition) is 3. The molecule has 0 aliphatic rings. The van der Waals surface area contributed by atoms with Gasteiger partial charge in [-0.25, -0.2) is 0 Å². The second-order valence-electron chi connectivity index (χ2n) is 5.72. The van der Waals surface area contributed by atoms with Gasteiger partial charge in [0.05, 0.1) is 11.8 Å². The number of benzene rings is 2. The van der Waals surface area contributed by atoms with Crippen molar-refractivity contribution in [2.75, 3.05) is 11.9 Å². The molecule has 6 heteroatoms. The molecule has 4 nitrogen and oxygen atoms in total. The minimum atomic E-state index is -0.299. The van der Waals surface area contributed by atoms with Gasteiger partial charge in [0.15, 0.2) is 0 Å². The number of hydrogen-bond donors (Lipinski definition) is 2. The Labute approximate surface area is 160 Å². The Morgan fingerprint density at radius 2 is 1.72 bits per heavy atom. The molecule has 0 saturated heterocycles. The van der Waals surface area contributed by atoms with Gasteiger partial charge in [-0.05, 0) is 60.0 Å². The number of aryl methyl sites for hydroxylation is 2. The van der Waals surface area contributed by atoms with Crippen LogP contribution in [0.15, 0.2) is 51.8 Å². The summed E-state index contributed by atoms with van der Waals surface area (Å²) >= 11 is 4.92. The lowest BCUT2D eigenvalue weighted by atomic mass is 10.1. The number of para-hydroxylation sites is 1. The van der Waals surface area contributed by atoms with E-state index in [9.17, 15) is 9.59 Å². The van der Waals surface area contributed by atoms with Crippen molar-refractivity contribution in [3.63, 3.8) is 0 Å². The lowest BCUT2D eigenvalue weighted by molar-refractivity contribution is -0.123. The van der Waals surface area contributed by atoms with E-state index in [1.807, 2.05) is 63.2 Å². The van der Waals surface area contributed by atoms with E-state index in [2.05, 4.69) is 26.6 Å². The fourth-order valence-electron chi connectivity index (χ4n) is 2.29. The SMILES string of the molecule is Cc1cccc(C)c1NC(=O)CNC(=O)C(C)Sc1ccccc1Br. The zero-order chi connectivity index (χ0) is 18.4. The normalized spacial score (nSPS) is 11.7. The van der Waals surface area contributed by atoms with Gasteiger partial charge in [0.1, 0.15) is 0 Å². The van der Waals surface area contributed by atoms with Crippen molar-refractivity contribution in [3.05, 3.63) is 58.1 Å². The Bertz CT molecular complexity index is 760. The van der Waals surface area contributed by atoms with Crippen molar-refractivity contribution in [1.29, 1.82) is 0 Å². The van der Waals surface area contributed by atoms with Crippen molar-refractivity contribution >= 4 is 45.2 Å². The first-order valence-electron chi connectivity index (χ1n) is 7.93. The van der Waals surface area contributed by atoms with Gasteiger partial charge in [-0.1, -0.05) is 30.3 Å². The summed E-state index contributed by atoms with van der Waals surface area (Å²) in [4.78, 5) is 25.3. The van der Waals surface area contributed by atoms with Gasteiger partial charge in [-0.15, -0.1) is 11.8 Å². The summed E-state index contributed by atoms with van der Waals surface area (Å²) in [5.74, 6) is -0.402. The third kappa shape index (κ3) is 5.61. The predicted octanol–water partition coefficient (Wildman–Crippen LogP) is 4.30. The van der Waals surface area contributed by atoms with E-state index in [4.69, 9.17) is 0 Å². The van der Waals surface area contributed by atoms with E-state index < -0.39 is 0 Å². The fourth-order valence-corrected chi connectivity index (χ4v) is 3.76. The van der Waals surface area contributed by atoms with Gasteiger partial charge >= 0.3 is 0 Å². The summed E-state index contributed by atoms with van der Waals surface area (Å²) in [6.45, 7) is 5.66. The smallest absolute Gasteiger partial charge is 0.243 e. The van der Waals surface area contributed by atoms with Crippen LogP contribution in [0.1, 0.15) is 18.1 Å². The van der Waals surface area contributed by atoms with Crippen molar-refractivity contribution in [2.24, 2.45) is 0 Å². The molecule has 0 spiro atoms. The average molecular weight is 421 g/mol. The van der Waals surface area contributed by atoms with Crippen LogP contribution in [0.3, 0.4) is 0 Å². The Morgan fingerprint density at radius 1 is 1.08 bits per heavy atom. The summed E-state index contributed by atoms with van der Waals surface area (Å²) in [6, 6.07) is 13.6. The average Bonchev–Trinajstić information content (AvgIpc) is 2.58. The maximum atomic E-state index is 12.2. The molecule has 1 atom stereocenters. The van der Waals surface area contributed by atoms with Gasteiger partial charge in [-0.2, -0.15) is 0 Å². The third-order valence-electron chi connectivity index (χ3n) is 3.68. The Hall–Kier alpha value is -1.79. The number of anilines is 1. The van der Waals surface area contributed by atoms with Crippen LogP contribution in [0.5, 0.6) is 0 Å². The minimum absolute atomic E-state index is 0.0481. The van der Waals surface area contributed by atoms with Crippen molar-refractivity contribution in [2.45, 2.75) is 30.9 Å². The molecule has 25 heavy (non-hydrogen) atoms. The van der Waals surface area contributed by atoms with E-state index in [0.29, 0.717) is 0 Å². The molecule has 0 aliphatic heterocycles. The number of rotatable bonds is 6. The molecule has 0 aliphatic carbocycles. The summed E-state index contributed by atoms with van der Waals surface area (Å²) in [7, 11) is 0. The summed E-state index contributed by atoms with van der Waals surface area (Å²) in [5.41, 5.74) is 2.80. The monoisotopic (exact) mass is 420 g/mol. The number of amides is 2. The third-order valence-corrected chi connectivity index (χ3v) is 5.81. The lowest BCUT2D eigenvalue weighted by Gasteiger charge is -2.14. The highest BCUT2D eigenvalue weighted by atomic mass is 79.9. The molecule has 2 aromatic rings. The van der Waals surface area contributed by atoms with E-state index in [1.54, 1.807) is 0 Å². The molecule has 2 N–H and O–H groups in total. The second-order valence-corrected chi connectivity index (χ2v) is 7.96. The van der Waals surface area contributed by atoms with Gasteiger partial charge in [0.25, 0.3) is 0 Å². The zero-order valence-corrected chi connectivity index (χ0v) is 16.8. The number of halogens is 1. The minimum Gasteiger partial charge on any atom is -0.346 e. The van der Waals surface area contributed by atoms with Crippen LogP contribution in [-0.4, -0.2) is 23.6 Å². The highest BCUT2D eigenvalue weighted by molar-refractivity contribution is 9.10. The first-order valence-corrected chi connectivity index (χ1v) is 9.60. The largest absolute Gasteiger partial charge is 0.346 e. The maximum absolute atomic E-state index is 12.2.